The largest absolute Gasteiger partial charge is 0.383 e. The predicted octanol–water partition coefficient (Wildman–Crippen LogP) is 2.26. The summed E-state index contributed by atoms with van der Waals surface area (Å²) in [7, 11) is 1.81. The van der Waals surface area contributed by atoms with Gasteiger partial charge in [-0.25, -0.2) is 0 Å². The molecule has 1 heterocycles. The summed E-state index contributed by atoms with van der Waals surface area (Å²) < 4.78 is 5.41. The van der Waals surface area contributed by atoms with Crippen molar-refractivity contribution in [2.24, 2.45) is 0 Å². The molecule has 0 aliphatic carbocycles. The van der Waals surface area contributed by atoms with Gasteiger partial charge in [0.15, 0.2) is 0 Å². The number of hydrogen-bond donors (Lipinski definition) is 1. The molecule has 1 aliphatic rings. The van der Waals surface area contributed by atoms with Gasteiger partial charge in [0.2, 0.25) is 0 Å². The van der Waals surface area contributed by atoms with Gasteiger partial charge in [-0.15, -0.1) is 0 Å². The molecule has 0 aromatic heterocycles. The van der Waals surface area contributed by atoms with Crippen LogP contribution in [0.25, 0.3) is 0 Å². The third-order valence-electron chi connectivity index (χ3n) is 3.86. The van der Waals surface area contributed by atoms with E-state index in [1.165, 1.54) is 19.3 Å². The summed E-state index contributed by atoms with van der Waals surface area (Å²) in [5, 5.41) is 3.55. The van der Waals surface area contributed by atoms with E-state index in [0.717, 1.165) is 19.2 Å². The van der Waals surface area contributed by atoms with Crippen molar-refractivity contribution in [1.82, 2.24) is 10.2 Å². The standard InChI is InChI=1S/C14H30N2O/c1-6-13-8-7-12(4)16(13)14(10-17-5)9-15-11(2)3/h11-15H,6-10H2,1-5H3. The molecule has 1 fully saturated rings. The minimum Gasteiger partial charge on any atom is -0.383 e. The van der Waals surface area contributed by atoms with Crippen LogP contribution in [0.1, 0.15) is 47.0 Å². The average Bonchev–Trinajstić information content (AvgIpc) is 2.65. The third-order valence-corrected chi connectivity index (χ3v) is 3.86. The molecule has 0 saturated carbocycles. The van der Waals surface area contributed by atoms with Crippen LogP contribution in [0.3, 0.4) is 0 Å². The molecule has 0 radical (unpaired) electrons. The summed E-state index contributed by atoms with van der Waals surface area (Å²) in [4.78, 5) is 2.68. The van der Waals surface area contributed by atoms with Gasteiger partial charge in [0, 0.05) is 37.8 Å². The van der Waals surface area contributed by atoms with Crippen LogP contribution in [0.2, 0.25) is 0 Å². The van der Waals surface area contributed by atoms with Crippen LogP contribution in [0.15, 0.2) is 0 Å². The lowest BCUT2D eigenvalue weighted by Gasteiger charge is -2.36. The number of nitrogens with zero attached hydrogens (tertiary/aromatic N) is 1. The topological polar surface area (TPSA) is 24.5 Å². The van der Waals surface area contributed by atoms with E-state index in [2.05, 4.69) is 37.9 Å². The second-order valence-electron chi connectivity index (χ2n) is 5.61. The minimum absolute atomic E-state index is 0.518. The highest BCUT2D eigenvalue weighted by atomic mass is 16.5. The van der Waals surface area contributed by atoms with Crippen molar-refractivity contribution in [2.75, 3.05) is 20.3 Å². The normalized spacial score (nSPS) is 27.9. The van der Waals surface area contributed by atoms with E-state index in [9.17, 15) is 0 Å². The molecule has 0 amide bonds. The fourth-order valence-electron chi connectivity index (χ4n) is 2.98. The Hall–Kier alpha value is -0.120. The number of methoxy groups -OCH3 is 1. The third kappa shape index (κ3) is 4.23. The first-order valence-electron chi connectivity index (χ1n) is 7.09. The van der Waals surface area contributed by atoms with Gasteiger partial charge in [-0.2, -0.15) is 0 Å². The van der Waals surface area contributed by atoms with Gasteiger partial charge in [0.05, 0.1) is 6.61 Å². The molecule has 1 N–H and O–H groups in total. The van der Waals surface area contributed by atoms with Crippen LogP contribution in [0.5, 0.6) is 0 Å². The van der Waals surface area contributed by atoms with Crippen LogP contribution in [-0.2, 0) is 4.74 Å². The van der Waals surface area contributed by atoms with Gasteiger partial charge in [-0.05, 0) is 26.2 Å². The summed E-state index contributed by atoms with van der Waals surface area (Å²) in [5.74, 6) is 0. The molecule has 1 saturated heterocycles. The van der Waals surface area contributed by atoms with Crippen LogP contribution in [0.4, 0.5) is 0 Å². The lowest BCUT2D eigenvalue weighted by molar-refractivity contribution is 0.0579. The number of hydrogen-bond acceptors (Lipinski definition) is 3. The van der Waals surface area contributed by atoms with Gasteiger partial charge in [0.25, 0.3) is 0 Å². The molecule has 3 heteroatoms. The molecule has 0 aromatic rings. The van der Waals surface area contributed by atoms with E-state index in [1.54, 1.807) is 0 Å². The maximum absolute atomic E-state index is 5.41. The molecule has 3 nitrogen and oxygen atoms in total. The number of nitrogens with one attached hydrogen (secondary N) is 1. The van der Waals surface area contributed by atoms with E-state index in [1.807, 2.05) is 7.11 Å². The van der Waals surface area contributed by atoms with Crippen LogP contribution in [-0.4, -0.2) is 49.3 Å². The molecular weight excluding hydrogens is 212 g/mol. The highest BCUT2D eigenvalue weighted by Gasteiger charge is 2.34. The quantitative estimate of drug-likeness (QED) is 0.741. The highest BCUT2D eigenvalue weighted by Crippen LogP contribution is 2.28. The van der Waals surface area contributed by atoms with Gasteiger partial charge >= 0.3 is 0 Å². The van der Waals surface area contributed by atoms with Gasteiger partial charge in [0.1, 0.15) is 0 Å². The number of likely N-dealkylation sites (tertiary alicyclic amines) is 1. The lowest BCUT2D eigenvalue weighted by Crippen LogP contribution is -2.51. The average molecular weight is 242 g/mol. The molecule has 3 atom stereocenters. The van der Waals surface area contributed by atoms with Crippen LogP contribution < -0.4 is 5.32 Å². The van der Waals surface area contributed by atoms with Gasteiger partial charge < -0.3 is 10.1 Å². The Labute approximate surface area is 107 Å². The molecule has 17 heavy (non-hydrogen) atoms. The molecule has 3 unspecified atom stereocenters. The fraction of sp³-hybridized carbons (Fsp3) is 1.00. The fourth-order valence-corrected chi connectivity index (χ4v) is 2.98. The second kappa shape index (κ2) is 7.34. The Kier molecular flexibility index (Phi) is 6.45. The minimum atomic E-state index is 0.518. The van der Waals surface area contributed by atoms with E-state index < -0.39 is 0 Å². The SMILES string of the molecule is CCC1CCC(C)N1C(CNC(C)C)COC. The van der Waals surface area contributed by atoms with Crippen LogP contribution >= 0.6 is 0 Å². The van der Waals surface area contributed by atoms with E-state index in [0.29, 0.717) is 18.1 Å². The Bertz CT molecular complexity index is 208. The van der Waals surface area contributed by atoms with Gasteiger partial charge in [-0.3, -0.25) is 4.90 Å². The Morgan fingerprint density at radius 2 is 2.06 bits per heavy atom. The van der Waals surface area contributed by atoms with Crippen molar-refractivity contribution in [3.05, 3.63) is 0 Å². The first kappa shape index (κ1) is 14.9. The molecule has 102 valence electrons. The van der Waals surface area contributed by atoms with Gasteiger partial charge in [-0.1, -0.05) is 20.8 Å². The molecule has 1 rings (SSSR count). The van der Waals surface area contributed by atoms with E-state index in [-0.39, 0.29) is 0 Å². The molecular formula is C14H30N2O. The van der Waals surface area contributed by atoms with Crippen molar-refractivity contribution in [1.29, 1.82) is 0 Å². The summed E-state index contributed by atoms with van der Waals surface area (Å²) in [6, 6.07) is 2.52. The Balaban J connectivity index is 2.60. The van der Waals surface area contributed by atoms with E-state index in [4.69, 9.17) is 4.74 Å². The summed E-state index contributed by atoms with van der Waals surface area (Å²) >= 11 is 0. The molecule has 0 spiro atoms. The first-order valence-corrected chi connectivity index (χ1v) is 7.09. The molecule has 0 aromatic carbocycles. The van der Waals surface area contributed by atoms with E-state index >= 15 is 0 Å². The maximum Gasteiger partial charge on any atom is 0.0630 e. The van der Waals surface area contributed by atoms with Crippen LogP contribution in [0, 0.1) is 0 Å². The van der Waals surface area contributed by atoms with Crippen molar-refractivity contribution in [2.45, 2.75) is 71.1 Å². The zero-order valence-electron chi connectivity index (χ0n) is 12.2. The molecule has 1 aliphatic heterocycles. The molecule has 0 bridgehead atoms. The summed E-state index contributed by atoms with van der Waals surface area (Å²) in [6.45, 7) is 10.9. The number of rotatable bonds is 7. The monoisotopic (exact) mass is 242 g/mol. The predicted molar refractivity (Wildman–Crippen MR) is 73.4 cm³/mol. The zero-order valence-corrected chi connectivity index (χ0v) is 12.2. The Morgan fingerprint density at radius 3 is 2.59 bits per heavy atom. The Morgan fingerprint density at radius 1 is 1.35 bits per heavy atom. The number of ether oxygens (including phenoxy) is 1. The lowest BCUT2D eigenvalue weighted by atomic mass is 10.1. The smallest absolute Gasteiger partial charge is 0.0630 e. The summed E-state index contributed by atoms with van der Waals surface area (Å²) in [6.07, 6.45) is 3.94. The highest BCUT2D eigenvalue weighted by molar-refractivity contribution is 4.90. The second-order valence-corrected chi connectivity index (χ2v) is 5.61. The van der Waals surface area contributed by atoms with Crippen molar-refractivity contribution in [3.63, 3.8) is 0 Å². The first-order chi connectivity index (χ1) is 8.10. The van der Waals surface area contributed by atoms with Crippen molar-refractivity contribution >= 4 is 0 Å². The maximum atomic E-state index is 5.41. The zero-order chi connectivity index (χ0) is 12.8. The van der Waals surface area contributed by atoms with Crippen molar-refractivity contribution < 1.29 is 4.74 Å². The summed E-state index contributed by atoms with van der Waals surface area (Å²) in [5.41, 5.74) is 0. The van der Waals surface area contributed by atoms with Crippen molar-refractivity contribution in [3.8, 4) is 0 Å².